The molecule has 4 fully saturated rings. The highest BCUT2D eigenvalue weighted by atomic mass is 15.2. The normalized spacial score (nSPS) is 28.0. The second-order valence-corrected chi connectivity index (χ2v) is 10.8. The largest absolute Gasteiger partial charge is 0.312 e. The van der Waals surface area contributed by atoms with Gasteiger partial charge in [-0.05, 0) is 89.3 Å². The third kappa shape index (κ3) is 5.19. The summed E-state index contributed by atoms with van der Waals surface area (Å²) < 4.78 is 0. The molecule has 1 unspecified atom stereocenters. The lowest BCUT2D eigenvalue weighted by Gasteiger charge is -2.50. The van der Waals surface area contributed by atoms with E-state index in [2.05, 4.69) is 47.1 Å². The maximum atomic E-state index is 5.16. The van der Waals surface area contributed by atoms with Crippen LogP contribution in [0.1, 0.15) is 75.6 Å². The number of aromatic nitrogens is 3. The quantitative estimate of drug-likeness (QED) is 0.631. The molecule has 0 aromatic carbocycles. The smallest absolute Gasteiger partial charge is 0.159 e. The van der Waals surface area contributed by atoms with E-state index >= 15 is 0 Å². The SMILES string of the molecule is CCC(CC)c1cc([C@@H]2CN3CC[C@H]2C[C@@H]3CNC2CCN(C)CC2)nc(-c2ccncc2)n1. The zero-order valence-electron chi connectivity index (χ0n) is 21.3. The maximum Gasteiger partial charge on any atom is 0.159 e. The van der Waals surface area contributed by atoms with Gasteiger partial charge in [0.2, 0.25) is 0 Å². The summed E-state index contributed by atoms with van der Waals surface area (Å²) in [4.78, 5) is 19.6. The van der Waals surface area contributed by atoms with E-state index in [0.29, 0.717) is 23.9 Å². The van der Waals surface area contributed by atoms with Gasteiger partial charge < -0.3 is 10.2 Å². The van der Waals surface area contributed by atoms with E-state index in [1.54, 1.807) is 0 Å². The van der Waals surface area contributed by atoms with Crippen molar-refractivity contribution in [2.24, 2.45) is 5.92 Å². The average molecular weight is 463 g/mol. The summed E-state index contributed by atoms with van der Waals surface area (Å²) in [6.45, 7) is 10.5. The molecule has 2 aromatic heterocycles. The third-order valence-corrected chi connectivity index (χ3v) is 8.73. The Balaban J connectivity index is 1.32. The van der Waals surface area contributed by atoms with Crippen LogP contribution >= 0.6 is 0 Å². The molecule has 4 atom stereocenters. The zero-order valence-corrected chi connectivity index (χ0v) is 21.3. The first-order valence-corrected chi connectivity index (χ1v) is 13.6. The summed E-state index contributed by atoms with van der Waals surface area (Å²) >= 11 is 0. The first-order chi connectivity index (χ1) is 16.6. The Morgan fingerprint density at radius 2 is 1.79 bits per heavy atom. The van der Waals surface area contributed by atoms with Crippen LogP contribution < -0.4 is 5.32 Å². The maximum absolute atomic E-state index is 5.16. The highest BCUT2D eigenvalue weighted by molar-refractivity contribution is 5.54. The zero-order chi connectivity index (χ0) is 23.5. The van der Waals surface area contributed by atoms with Crippen LogP contribution in [0.2, 0.25) is 0 Å². The van der Waals surface area contributed by atoms with Crippen LogP contribution in [0.5, 0.6) is 0 Å². The van der Waals surface area contributed by atoms with Crippen LogP contribution in [0.15, 0.2) is 30.6 Å². The van der Waals surface area contributed by atoms with Crippen molar-refractivity contribution in [1.29, 1.82) is 0 Å². The van der Waals surface area contributed by atoms with E-state index in [1.807, 2.05) is 24.5 Å². The fraction of sp³-hybridized carbons (Fsp3) is 0.679. The molecule has 34 heavy (non-hydrogen) atoms. The molecule has 0 aliphatic carbocycles. The van der Waals surface area contributed by atoms with Gasteiger partial charge in [-0.25, -0.2) is 9.97 Å². The Morgan fingerprint density at radius 1 is 1.03 bits per heavy atom. The molecule has 2 aromatic rings. The van der Waals surface area contributed by atoms with Crippen molar-refractivity contribution in [3.63, 3.8) is 0 Å². The monoisotopic (exact) mass is 462 g/mol. The summed E-state index contributed by atoms with van der Waals surface area (Å²) in [6.07, 6.45) is 11.1. The summed E-state index contributed by atoms with van der Waals surface area (Å²) in [5, 5.41) is 3.92. The van der Waals surface area contributed by atoms with Crippen molar-refractivity contribution in [1.82, 2.24) is 30.1 Å². The number of fused-ring (bicyclic) bond motifs is 3. The van der Waals surface area contributed by atoms with Gasteiger partial charge in [0.15, 0.2) is 5.82 Å². The van der Waals surface area contributed by atoms with Crippen molar-refractivity contribution >= 4 is 0 Å². The van der Waals surface area contributed by atoms with Crippen molar-refractivity contribution in [3.05, 3.63) is 42.0 Å². The number of pyridine rings is 1. The number of piperidine rings is 4. The molecule has 0 radical (unpaired) electrons. The van der Waals surface area contributed by atoms with Crippen LogP contribution in [0, 0.1) is 5.92 Å². The lowest BCUT2D eigenvalue weighted by molar-refractivity contribution is 0.0271. The lowest BCUT2D eigenvalue weighted by atomic mass is 9.73. The number of nitrogens with zero attached hydrogens (tertiary/aromatic N) is 5. The van der Waals surface area contributed by atoms with Crippen LogP contribution in [-0.4, -0.2) is 76.6 Å². The molecule has 6 rings (SSSR count). The molecule has 0 spiro atoms. The number of nitrogens with one attached hydrogen (secondary N) is 1. The Morgan fingerprint density at radius 3 is 2.47 bits per heavy atom. The molecule has 4 aliphatic rings. The molecule has 4 aliphatic heterocycles. The van der Waals surface area contributed by atoms with Crippen molar-refractivity contribution in [2.45, 2.75) is 76.3 Å². The Bertz CT molecular complexity index is 922. The van der Waals surface area contributed by atoms with Gasteiger partial charge in [-0.1, -0.05) is 13.8 Å². The second-order valence-electron chi connectivity index (χ2n) is 10.8. The molecule has 2 bridgehead atoms. The number of hydrogen-bond acceptors (Lipinski definition) is 6. The van der Waals surface area contributed by atoms with Crippen LogP contribution in [-0.2, 0) is 0 Å². The highest BCUT2D eigenvalue weighted by Crippen LogP contribution is 2.42. The molecule has 1 N–H and O–H groups in total. The summed E-state index contributed by atoms with van der Waals surface area (Å²) in [6, 6.07) is 7.80. The molecule has 0 amide bonds. The molecule has 6 heteroatoms. The minimum Gasteiger partial charge on any atom is -0.312 e. The molecule has 0 saturated carbocycles. The van der Waals surface area contributed by atoms with Gasteiger partial charge in [-0.2, -0.15) is 0 Å². The highest BCUT2D eigenvalue weighted by Gasteiger charge is 2.41. The molecular weight excluding hydrogens is 420 g/mol. The van der Waals surface area contributed by atoms with Gasteiger partial charge in [0.1, 0.15) is 0 Å². The van der Waals surface area contributed by atoms with E-state index in [-0.39, 0.29) is 0 Å². The summed E-state index contributed by atoms with van der Waals surface area (Å²) in [5.41, 5.74) is 3.56. The Hall–Kier alpha value is -1.89. The van der Waals surface area contributed by atoms with Crippen LogP contribution in [0.4, 0.5) is 0 Å². The Kier molecular flexibility index (Phi) is 7.57. The molecule has 6 heterocycles. The van der Waals surface area contributed by atoms with Gasteiger partial charge >= 0.3 is 0 Å². The van der Waals surface area contributed by atoms with E-state index in [9.17, 15) is 0 Å². The van der Waals surface area contributed by atoms with Crippen LogP contribution in [0.3, 0.4) is 0 Å². The van der Waals surface area contributed by atoms with E-state index < -0.39 is 0 Å². The van der Waals surface area contributed by atoms with Crippen molar-refractivity contribution in [2.75, 3.05) is 39.8 Å². The number of likely N-dealkylation sites (tertiary alicyclic amines) is 1. The molecule has 4 saturated heterocycles. The second kappa shape index (κ2) is 10.8. The Labute approximate surface area is 205 Å². The molecule has 6 nitrogen and oxygen atoms in total. The van der Waals surface area contributed by atoms with Crippen LogP contribution in [0.25, 0.3) is 11.4 Å². The van der Waals surface area contributed by atoms with Gasteiger partial charge in [0.25, 0.3) is 0 Å². The fourth-order valence-electron chi connectivity index (χ4n) is 6.42. The lowest BCUT2D eigenvalue weighted by Crippen LogP contribution is -2.57. The predicted molar refractivity (Wildman–Crippen MR) is 138 cm³/mol. The first kappa shape index (κ1) is 23.8. The predicted octanol–water partition coefficient (Wildman–Crippen LogP) is 4.30. The van der Waals surface area contributed by atoms with Gasteiger partial charge in [-0.3, -0.25) is 9.88 Å². The number of rotatable bonds is 8. The van der Waals surface area contributed by atoms with Crippen molar-refractivity contribution < 1.29 is 0 Å². The third-order valence-electron chi connectivity index (χ3n) is 8.73. The van der Waals surface area contributed by atoms with E-state index in [1.165, 1.54) is 56.7 Å². The van der Waals surface area contributed by atoms with E-state index in [0.717, 1.165) is 43.2 Å². The minimum absolute atomic E-state index is 0.495. The summed E-state index contributed by atoms with van der Waals surface area (Å²) in [7, 11) is 2.24. The molecule has 184 valence electrons. The van der Waals surface area contributed by atoms with Gasteiger partial charge in [-0.15, -0.1) is 0 Å². The van der Waals surface area contributed by atoms with Gasteiger partial charge in [0, 0.05) is 66.4 Å². The first-order valence-electron chi connectivity index (χ1n) is 13.6. The summed E-state index contributed by atoms with van der Waals surface area (Å²) in [5.74, 6) is 2.61. The standard InChI is InChI=1S/C28H42N6/c1-4-20(5-2)26-17-27(32-28(31-26)21-6-11-29-12-7-21)25-19-34-15-8-22(25)16-24(34)18-30-23-9-13-33(3)14-10-23/h6-7,11-12,17,20,22-25,30H,4-5,8-10,13-16,18-19H2,1-3H3/t22-,24+,25+/m0/s1. The van der Waals surface area contributed by atoms with Crippen molar-refractivity contribution in [3.8, 4) is 11.4 Å². The minimum atomic E-state index is 0.495. The van der Waals surface area contributed by atoms with Gasteiger partial charge in [0.05, 0.1) is 0 Å². The topological polar surface area (TPSA) is 57.2 Å². The number of hydrogen-bond donors (Lipinski definition) is 1. The average Bonchev–Trinajstić information content (AvgIpc) is 2.90. The fourth-order valence-corrected chi connectivity index (χ4v) is 6.42. The van der Waals surface area contributed by atoms with E-state index in [4.69, 9.17) is 9.97 Å². The molecular formula is C28H42N6.